The molecule has 1 aromatic rings. The van der Waals surface area contributed by atoms with Crippen molar-refractivity contribution in [2.75, 3.05) is 13.2 Å². The summed E-state index contributed by atoms with van der Waals surface area (Å²) in [6, 6.07) is 2.62. The summed E-state index contributed by atoms with van der Waals surface area (Å²) in [5.74, 6) is 7.20. The lowest BCUT2D eigenvalue weighted by atomic mass is 9.46. The summed E-state index contributed by atoms with van der Waals surface area (Å²) in [7, 11) is 0. The molecule has 33 heavy (non-hydrogen) atoms. The second-order valence-electron chi connectivity index (χ2n) is 14.2. The topological polar surface area (TPSA) is 21.8 Å². The van der Waals surface area contributed by atoms with Gasteiger partial charge in [-0.1, -0.05) is 6.07 Å². The molecule has 1 aliphatic heterocycles. The molecule has 178 valence electrons. The molecule has 8 saturated carbocycles. The van der Waals surface area contributed by atoms with E-state index < -0.39 is 0 Å². The molecule has 8 bridgehead atoms. The molecular formula is C31H42O2. The normalized spacial score (nSPS) is 48.5. The van der Waals surface area contributed by atoms with Gasteiger partial charge in [-0.15, -0.1) is 0 Å². The van der Waals surface area contributed by atoms with Crippen LogP contribution in [-0.2, 0) is 15.6 Å². The molecule has 1 saturated heterocycles. The quantitative estimate of drug-likeness (QED) is 0.453. The molecule has 1 unspecified atom stereocenters. The van der Waals surface area contributed by atoms with E-state index in [1.807, 2.05) is 0 Å². The molecule has 0 aromatic heterocycles. The average Bonchev–Trinajstić information content (AvgIpc) is 3.56. The molecule has 8 aliphatic carbocycles. The van der Waals surface area contributed by atoms with Crippen LogP contribution in [0.15, 0.2) is 6.07 Å². The van der Waals surface area contributed by atoms with Crippen molar-refractivity contribution in [2.45, 2.75) is 108 Å². The van der Waals surface area contributed by atoms with Crippen molar-refractivity contribution in [3.8, 4) is 5.75 Å². The van der Waals surface area contributed by atoms with Crippen LogP contribution in [0.4, 0.5) is 0 Å². The van der Waals surface area contributed by atoms with Gasteiger partial charge in [0.2, 0.25) is 0 Å². The first-order valence-electron chi connectivity index (χ1n) is 14.4. The number of hydrogen-bond donors (Lipinski definition) is 0. The predicted molar refractivity (Wildman–Crippen MR) is 131 cm³/mol. The summed E-state index contributed by atoms with van der Waals surface area (Å²) >= 11 is 0. The van der Waals surface area contributed by atoms with Crippen LogP contribution in [0.2, 0.25) is 0 Å². The number of hydrogen-bond acceptors (Lipinski definition) is 2. The molecule has 0 radical (unpaired) electrons. The van der Waals surface area contributed by atoms with Crippen molar-refractivity contribution in [3.05, 3.63) is 28.3 Å². The Morgan fingerprint density at radius 3 is 1.67 bits per heavy atom. The zero-order valence-electron chi connectivity index (χ0n) is 20.8. The van der Waals surface area contributed by atoms with Gasteiger partial charge in [0.25, 0.3) is 0 Å². The molecule has 1 heterocycles. The van der Waals surface area contributed by atoms with E-state index in [0.717, 1.165) is 48.7 Å². The summed E-state index contributed by atoms with van der Waals surface area (Å²) in [5.41, 5.74) is 7.23. The number of rotatable bonds is 5. The van der Waals surface area contributed by atoms with E-state index in [-0.39, 0.29) is 0 Å². The molecule has 0 amide bonds. The Labute approximate surface area is 200 Å². The van der Waals surface area contributed by atoms with Gasteiger partial charge in [0.1, 0.15) is 18.5 Å². The molecular weight excluding hydrogens is 404 g/mol. The van der Waals surface area contributed by atoms with Gasteiger partial charge in [0, 0.05) is 16.5 Å². The first-order valence-corrected chi connectivity index (χ1v) is 14.4. The Balaban J connectivity index is 1.30. The molecule has 1 atom stereocenters. The van der Waals surface area contributed by atoms with Crippen LogP contribution in [0.25, 0.3) is 0 Å². The molecule has 2 nitrogen and oxygen atoms in total. The van der Waals surface area contributed by atoms with E-state index in [2.05, 4.69) is 19.9 Å². The van der Waals surface area contributed by atoms with Gasteiger partial charge in [-0.05, 0) is 143 Å². The molecule has 9 fully saturated rings. The highest BCUT2D eigenvalue weighted by molar-refractivity contribution is 5.57. The maximum absolute atomic E-state index is 6.98. The third kappa shape index (κ3) is 3.01. The van der Waals surface area contributed by atoms with Crippen molar-refractivity contribution < 1.29 is 9.47 Å². The summed E-state index contributed by atoms with van der Waals surface area (Å²) in [6.07, 6.45) is 18.0. The zero-order valence-corrected chi connectivity index (χ0v) is 20.8. The van der Waals surface area contributed by atoms with E-state index >= 15 is 0 Å². The van der Waals surface area contributed by atoms with E-state index in [1.54, 1.807) is 22.3 Å². The van der Waals surface area contributed by atoms with E-state index in [4.69, 9.17) is 9.47 Å². The van der Waals surface area contributed by atoms with Crippen LogP contribution < -0.4 is 4.74 Å². The number of aryl methyl sites for hydroxylation is 1. The minimum absolute atomic E-state index is 0.333. The summed E-state index contributed by atoms with van der Waals surface area (Å²) < 4.78 is 12.6. The van der Waals surface area contributed by atoms with Gasteiger partial charge in [0.15, 0.2) is 0 Å². The lowest BCUT2D eigenvalue weighted by molar-refractivity contribution is -0.0111. The lowest BCUT2D eigenvalue weighted by Gasteiger charge is -2.59. The highest BCUT2D eigenvalue weighted by atomic mass is 16.6. The van der Waals surface area contributed by atoms with Gasteiger partial charge in [-0.2, -0.15) is 0 Å². The molecule has 1 aromatic carbocycles. The van der Waals surface area contributed by atoms with E-state index in [1.165, 1.54) is 82.8 Å². The third-order valence-electron chi connectivity index (χ3n) is 11.8. The third-order valence-corrected chi connectivity index (χ3v) is 11.8. The van der Waals surface area contributed by atoms with Gasteiger partial charge in [-0.25, -0.2) is 0 Å². The molecule has 0 spiro atoms. The van der Waals surface area contributed by atoms with E-state index in [9.17, 15) is 0 Å². The predicted octanol–water partition coefficient (Wildman–Crippen LogP) is 7.02. The monoisotopic (exact) mass is 446 g/mol. The Kier molecular flexibility index (Phi) is 4.16. The second kappa shape index (κ2) is 6.80. The SMILES string of the molecule is Cc1cc(C23CC4CC(CC(C4)C2)C3)c(OCC2CO2)c(C23CC4CC(CC(C4)C2)C3)c1C. The van der Waals surface area contributed by atoms with E-state index in [0.29, 0.717) is 16.9 Å². The average molecular weight is 447 g/mol. The number of epoxide rings is 1. The van der Waals surface area contributed by atoms with Crippen LogP contribution in [0.5, 0.6) is 5.75 Å². The highest BCUT2D eigenvalue weighted by Gasteiger charge is 2.56. The van der Waals surface area contributed by atoms with Crippen LogP contribution in [-0.4, -0.2) is 19.3 Å². The standard InChI is InChI=1S/C31H42O2/c1-18-3-27(30-10-20-4-21(11-30)6-22(5-20)12-30)29(33-17-26-16-32-26)28(19(18)2)31-13-23-7-24(14-31)9-25(8-23)15-31/h3,20-26H,4-17H2,1-2H3. The van der Waals surface area contributed by atoms with Crippen molar-refractivity contribution in [1.29, 1.82) is 0 Å². The van der Waals surface area contributed by atoms with Crippen molar-refractivity contribution in [2.24, 2.45) is 35.5 Å². The smallest absolute Gasteiger partial charge is 0.127 e. The fourth-order valence-corrected chi connectivity index (χ4v) is 11.3. The maximum Gasteiger partial charge on any atom is 0.127 e. The van der Waals surface area contributed by atoms with Gasteiger partial charge < -0.3 is 9.47 Å². The minimum atomic E-state index is 0.333. The lowest BCUT2D eigenvalue weighted by Crippen LogP contribution is -2.50. The molecule has 0 N–H and O–H groups in total. The Morgan fingerprint density at radius 1 is 0.758 bits per heavy atom. The van der Waals surface area contributed by atoms with Gasteiger partial charge in [-0.3, -0.25) is 0 Å². The van der Waals surface area contributed by atoms with Crippen LogP contribution in [0.1, 0.15) is 99.3 Å². The molecule has 10 rings (SSSR count). The summed E-state index contributed by atoms with van der Waals surface area (Å²) in [4.78, 5) is 0. The highest BCUT2D eigenvalue weighted by Crippen LogP contribution is 2.66. The first kappa shape index (κ1) is 20.2. The Hall–Kier alpha value is -1.02. The molecule has 2 heteroatoms. The first-order chi connectivity index (χ1) is 16.0. The van der Waals surface area contributed by atoms with Crippen LogP contribution in [0, 0.1) is 49.4 Å². The van der Waals surface area contributed by atoms with Crippen LogP contribution >= 0.6 is 0 Å². The van der Waals surface area contributed by atoms with Gasteiger partial charge >= 0.3 is 0 Å². The van der Waals surface area contributed by atoms with Crippen molar-refractivity contribution >= 4 is 0 Å². The van der Waals surface area contributed by atoms with Crippen LogP contribution in [0.3, 0.4) is 0 Å². The largest absolute Gasteiger partial charge is 0.490 e. The Morgan fingerprint density at radius 2 is 1.21 bits per heavy atom. The Bertz CT molecular complexity index is 915. The molecule has 9 aliphatic rings. The minimum Gasteiger partial charge on any atom is -0.490 e. The number of benzene rings is 1. The second-order valence-corrected chi connectivity index (χ2v) is 14.2. The number of ether oxygens (including phenoxy) is 2. The zero-order chi connectivity index (χ0) is 21.9. The summed E-state index contributed by atoms with van der Waals surface area (Å²) in [6.45, 7) is 6.51. The van der Waals surface area contributed by atoms with Crippen molar-refractivity contribution in [1.82, 2.24) is 0 Å². The van der Waals surface area contributed by atoms with Crippen molar-refractivity contribution in [3.63, 3.8) is 0 Å². The summed E-state index contributed by atoms with van der Waals surface area (Å²) in [5, 5.41) is 0. The maximum atomic E-state index is 6.98. The fourth-order valence-electron chi connectivity index (χ4n) is 11.3. The fraction of sp³-hybridized carbons (Fsp3) is 0.806. The van der Waals surface area contributed by atoms with Gasteiger partial charge in [0.05, 0.1) is 6.61 Å².